The van der Waals surface area contributed by atoms with Gasteiger partial charge in [0.2, 0.25) is 0 Å². The van der Waals surface area contributed by atoms with Gasteiger partial charge >= 0.3 is 6.09 Å². The summed E-state index contributed by atoms with van der Waals surface area (Å²) < 4.78 is 1.35. The lowest BCUT2D eigenvalue weighted by atomic mass is 10.1. The summed E-state index contributed by atoms with van der Waals surface area (Å²) >= 11 is 0. The summed E-state index contributed by atoms with van der Waals surface area (Å²) in [4.78, 5) is 24.8. The van der Waals surface area contributed by atoms with Crippen molar-refractivity contribution >= 4 is 11.8 Å². The Balaban J connectivity index is 1.90. The molecule has 1 aromatic heterocycles. The molecule has 7 nitrogen and oxygen atoms in total. The fourth-order valence-corrected chi connectivity index (χ4v) is 2.92. The number of benzene rings is 2. The lowest BCUT2D eigenvalue weighted by molar-refractivity contribution is 0.202. The Morgan fingerprint density at radius 3 is 2.46 bits per heavy atom. The number of nitrogens with zero attached hydrogens (tertiary/aromatic N) is 3. The SMILES string of the molecule is CCN(C(=O)O)c1cccc(Cn2nc(-c3ccc(CO)cc3)ccc2=O)c1. The third-order valence-electron chi connectivity index (χ3n) is 4.40. The fraction of sp³-hybridized carbons (Fsp3) is 0.190. The third-order valence-corrected chi connectivity index (χ3v) is 4.40. The van der Waals surface area contributed by atoms with E-state index in [4.69, 9.17) is 5.11 Å². The molecule has 7 heteroatoms. The molecule has 144 valence electrons. The number of amides is 1. The minimum Gasteiger partial charge on any atom is -0.465 e. The zero-order chi connectivity index (χ0) is 20.1. The number of hydrogen-bond acceptors (Lipinski definition) is 4. The predicted molar refractivity (Wildman–Crippen MR) is 106 cm³/mol. The molecular weight excluding hydrogens is 358 g/mol. The topological polar surface area (TPSA) is 95.7 Å². The monoisotopic (exact) mass is 379 g/mol. The lowest BCUT2D eigenvalue weighted by Crippen LogP contribution is -2.29. The Labute approximate surface area is 162 Å². The maximum Gasteiger partial charge on any atom is 0.411 e. The van der Waals surface area contributed by atoms with Gasteiger partial charge in [-0.05, 0) is 36.2 Å². The quantitative estimate of drug-likeness (QED) is 0.686. The molecule has 2 N–H and O–H groups in total. The maximum atomic E-state index is 12.3. The molecule has 0 saturated heterocycles. The van der Waals surface area contributed by atoms with E-state index in [0.717, 1.165) is 16.7 Å². The standard InChI is InChI=1S/C21H21N3O4/c1-2-23(21(27)28)18-5-3-4-16(12-18)13-24-20(26)11-10-19(22-24)17-8-6-15(14-25)7-9-17/h3-12,25H,2,13-14H2,1H3,(H,27,28). The molecule has 0 saturated carbocycles. The largest absolute Gasteiger partial charge is 0.465 e. The number of carbonyl (C=O) groups is 1. The van der Waals surface area contributed by atoms with Crippen LogP contribution in [0, 0.1) is 0 Å². The van der Waals surface area contributed by atoms with Crippen LogP contribution in [0.15, 0.2) is 65.5 Å². The molecule has 28 heavy (non-hydrogen) atoms. The van der Waals surface area contributed by atoms with Gasteiger partial charge in [-0.15, -0.1) is 0 Å². The van der Waals surface area contributed by atoms with Gasteiger partial charge in [-0.1, -0.05) is 36.4 Å². The highest BCUT2D eigenvalue weighted by Crippen LogP contribution is 2.18. The van der Waals surface area contributed by atoms with Gasteiger partial charge in [-0.25, -0.2) is 9.48 Å². The summed E-state index contributed by atoms with van der Waals surface area (Å²) in [7, 11) is 0. The van der Waals surface area contributed by atoms with E-state index in [0.29, 0.717) is 17.9 Å². The second-order valence-electron chi connectivity index (χ2n) is 6.27. The van der Waals surface area contributed by atoms with Crippen LogP contribution in [0.5, 0.6) is 0 Å². The summed E-state index contributed by atoms with van der Waals surface area (Å²) in [6.07, 6.45) is -1.02. The first kappa shape index (κ1) is 19.3. The first-order valence-corrected chi connectivity index (χ1v) is 8.89. The molecule has 0 atom stereocenters. The van der Waals surface area contributed by atoms with Gasteiger partial charge < -0.3 is 10.2 Å². The third kappa shape index (κ3) is 4.27. The molecule has 2 aromatic carbocycles. The minimum atomic E-state index is -1.02. The second-order valence-corrected chi connectivity index (χ2v) is 6.27. The highest BCUT2D eigenvalue weighted by molar-refractivity contribution is 5.85. The molecular formula is C21H21N3O4. The molecule has 0 aliphatic heterocycles. The molecule has 0 spiro atoms. The van der Waals surface area contributed by atoms with E-state index in [1.807, 2.05) is 18.2 Å². The van der Waals surface area contributed by atoms with E-state index in [-0.39, 0.29) is 18.7 Å². The van der Waals surface area contributed by atoms with Crippen LogP contribution < -0.4 is 10.5 Å². The van der Waals surface area contributed by atoms with Gasteiger partial charge in [-0.3, -0.25) is 9.69 Å². The van der Waals surface area contributed by atoms with Gasteiger partial charge in [0.1, 0.15) is 0 Å². The molecule has 0 unspecified atom stereocenters. The van der Waals surface area contributed by atoms with E-state index in [1.165, 1.54) is 15.6 Å². The Kier molecular flexibility index (Phi) is 5.86. The van der Waals surface area contributed by atoms with Crippen LogP contribution in [0.3, 0.4) is 0 Å². The van der Waals surface area contributed by atoms with Crippen LogP contribution >= 0.6 is 0 Å². The number of aliphatic hydroxyl groups excluding tert-OH is 1. The van der Waals surface area contributed by atoms with Crippen molar-refractivity contribution < 1.29 is 15.0 Å². The van der Waals surface area contributed by atoms with Crippen LogP contribution in [0.4, 0.5) is 10.5 Å². The van der Waals surface area contributed by atoms with Crippen molar-refractivity contribution in [2.24, 2.45) is 0 Å². The van der Waals surface area contributed by atoms with Crippen LogP contribution in [-0.4, -0.2) is 32.6 Å². The zero-order valence-corrected chi connectivity index (χ0v) is 15.4. The number of aliphatic hydroxyl groups is 1. The van der Waals surface area contributed by atoms with E-state index in [2.05, 4.69) is 5.10 Å². The number of carboxylic acid groups (broad SMARTS) is 1. The smallest absolute Gasteiger partial charge is 0.411 e. The van der Waals surface area contributed by atoms with Gasteiger partial charge in [0.15, 0.2) is 0 Å². The van der Waals surface area contributed by atoms with Crippen molar-refractivity contribution in [1.82, 2.24) is 9.78 Å². The van der Waals surface area contributed by atoms with Crippen molar-refractivity contribution in [3.8, 4) is 11.3 Å². The first-order chi connectivity index (χ1) is 13.5. The van der Waals surface area contributed by atoms with E-state index in [9.17, 15) is 14.7 Å². The van der Waals surface area contributed by atoms with Crippen LogP contribution in [0.2, 0.25) is 0 Å². The van der Waals surface area contributed by atoms with Gasteiger partial charge in [0.25, 0.3) is 5.56 Å². The summed E-state index contributed by atoms with van der Waals surface area (Å²) in [5.41, 5.74) is 3.36. The summed E-state index contributed by atoms with van der Waals surface area (Å²) in [5, 5.41) is 22.9. The maximum absolute atomic E-state index is 12.3. The van der Waals surface area contributed by atoms with Crippen molar-refractivity contribution in [2.75, 3.05) is 11.4 Å². The van der Waals surface area contributed by atoms with E-state index < -0.39 is 6.09 Å². The molecule has 3 rings (SSSR count). The lowest BCUT2D eigenvalue weighted by Gasteiger charge is -2.18. The summed E-state index contributed by atoms with van der Waals surface area (Å²) in [5.74, 6) is 0. The van der Waals surface area contributed by atoms with Crippen molar-refractivity contribution in [3.05, 3.63) is 82.1 Å². The molecule has 0 radical (unpaired) electrons. The Morgan fingerprint density at radius 2 is 1.82 bits per heavy atom. The van der Waals surface area contributed by atoms with Crippen LogP contribution in [0.1, 0.15) is 18.1 Å². The molecule has 1 heterocycles. The van der Waals surface area contributed by atoms with Crippen LogP contribution in [-0.2, 0) is 13.2 Å². The highest BCUT2D eigenvalue weighted by atomic mass is 16.4. The Hall–Kier alpha value is -3.45. The molecule has 3 aromatic rings. The van der Waals surface area contributed by atoms with Gasteiger partial charge in [0, 0.05) is 23.9 Å². The molecule has 0 bridgehead atoms. The van der Waals surface area contributed by atoms with Gasteiger partial charge in [-0.2, -0.15) is 5.10 Å². The Bertz CT molecular complexity index is 1030. The van der Waals surface area contributed by atoms with Crippen LogP contribution in [0.25, 0.3) is 11.3 Å². The summed E-state index contributed by atoms with van der Waals surface area (Å²) in [6.45, 7) is 2.29. The number of anilines is 1. The second kappa shape index (κ2) is 8.49. The van der Waals surface area contributed by atoms with Crippen molar-refractivity contribution in [3.63, 3.8) is 0 Å². The molecule has 1 amide bonds. The van der Waals surface area contributed by atoms with E-state index >= 15 is 0 Å². The fourth-order valence-electron chi connectivity index (χ4n) is 2.92. The normalized spacial score (nSPS) is 10.6. The van der Waals surface area contributed by atoms with E-state index in [1.54, 1.807) is 43.3 Å². The molecule has 0 fully saturated rings. The number of aromatic nitrogens is 2. The van der Waals surface area contributed by atoms with Crippen molar-refractivity contribution in [2.45, 2.75) is 20.1 Å². The average molecular weight is 379 g/mol. The predicted octanol–water partition coefficient (Wildman–Crippen LogP) is 2.96. The van der Waals surface area contributed by atoms with Gasteiger partial charge in [0.05, 0.1) is 18.8 Å². The number of rotatable bonds is 6. The highest BCUT2D eigenvalue weighted by Gasteiger charge is 2.12. The molecule has 0 aliphatic carbocycles. The minimum absolute atomic E-state index is 0.0331. The Morgan fingerprint density at radius 1 is 1.07 bits per heavy atom. The number of hydrogen-bond donors (Lipinski definition) is 2. The average Bonchev–Trinajstić information content (AvgIpc) is 2.70. The summed E-state index contributed by atoms with van der Waals surface area (Å²) in [6, 6.07) is 17.5. The molecule has 0 aliphatic rings. The zero-order valence-electron chi connectivity index (χ0n) is 15.4. The van der Waals surface area contributed by atoms with Crippen molar-refractivity contribution in [1.29, 1.82) is 0 Å². The first-order valence-electron chi connectivity index (χ1n) is 8.89.